The fourth-order valence-electron chi connectivity index (χ4n) is 3.77. The second-order valence-electron chi connectivity index (χ2n) is 7.93. The number of hydrogen-bond acceptors (Lipinski definition) is 4. The Balaban J connectivity index is 1.71. The Hall–Kier alpha value is -3.86. The molecule has 35 heavy (non-hydrogen) atoms. The Kier molecular flexibility index (Phi) is 6.28. The topological polar surface area (TPSA) is 95.6 Å². The molecule has 1 atom stereocenters. The number of benzene rings is 3. The minimum Gasteiger partial charge on any atom is -0.325 e. The largest absolute Gasteiger partial charge is 0.418 e. The van der Waals surface area contributed by atoms with Crippen LogP contribution in [-0.4, -0.2) is 26.3 Å². The number of amides is 2. The van der Waals surface area contributed by atoms with Crippen molar-refractivity contribution in [1.82, 2.24) is 0 Å². The molecule has 4 rings (SSSR count). The number of alkyl halides is 3. The summed E-state index contributed by atoms with van der Waals surface area (Å²) in [5.41, 5.74) is -0.362. The number of nitrogens with one attached hydrogen (secondary N) is 2. The highest BCUT2D eigenvalue weighted by atomic mass is 32.2. The summed E-state index contributed by atoms with van der Waals surface area (Å²) in [6.45, 7) is 1.78. The van der Waals surface area contributed by atoms with Crippen LogP contribution in [-0.2, 0) is 25.8 Å². The lowest BCUT2D eigenvalue weighted by molar-refractivity contribution is -0.137. The molecule has 7 nitrogen and oxygen atoms in total. The van der Waals surface area contributed by atoms with E-state index in [1.807, 2.05) is 0 Å². The van der Waals surface area contributed by atoms with Gasteiger partial charge in [-0.1, -0.05) is 42.0 Å². The molecule has 0 saturated heterocycles. The summed E-state index contributed by atoms with van der Waals surface area (Å²) in [5, 5.41) is 4.74. The van der Waals surface area contributed by atoms with Crippen molar-refractivity contribution >= 4 is 38.9 Å². The highest BCUT2D eigenvalue weighted by Crippen LogP contribution is 2.38. The van der Waals surface area contributed by atoms with Gasteiger partial charge in [-0.25, -0.2) is 8.42 Å². The molecule has 0 saturated carbocycles. The third-order valence-corrected chi connectivity index (χ3v) is 7.29. The first kappa shape index (κ1) is 24.3. The number of carbonyl (C=O) groups excluding carboxylic acids is 2. The second kappa shape index (κ2) is 9.06. The van der Waals surface area contributed by atoms with Crippen LogP contribution in [0.1, 0.15) is 17.5 Å². The number of carbonyl (C=O) groups is 2. The van der Waals surface area contributed by atoms with E-state index in [1.54, 1.807) is 31.2 Å². The minimum atomic E-state index is -4.72. The molecule has 0 aromatic heterocycles. The summed E-state index contributed by atoms with van der Waals surface area (Å²) in [6.07, 6.45) is -5.43. The zero-order valence-electron chi connectivity index (χ0n) is 18.3. The first-order valence-corrected chi connectivity index (χ1v) is 11.9. The van der Waals surface area contributed by atoms with Crippen molar-refractivity contribution in [3.05, 3.63) is 83.9 Å². The summed E-state index contributed by atoms with van der Waals surface area (Å²) in [4.78, 5) is 25.6. The molecule has 0 fully saturated rings. The molecule has 1 aliphatic rings. The quantitative estimate of drug-likeness (QED) is 0.534. The molecule has 2 amide bonds. The highest BCUT2D eigenvalue weighted by Gasteiger charge is 2.42. The average Bonchev–Trinajstić information content (AvgIpc) is 2.79. The van der Waals surface area contributed by atoms with Gasteiger partial charge >= 0.3 is 6.18 Å². The molecule has 3 aromatic rings. The monoisotopic (exact) mass is 503 g/mol. The van der Waals surface area contributed by atoms with E-state index in [0.29, 0.717) is 0 Å². The van der Waals surface area contributed by atoms with Gasteiger partial charge in [0.05, 0.1) is 33.9 Å². The van der Waals surface area contributed by atoms with Gasteiger partial charge in [0, 0.05) is 0 Å². The van der Waals surface area contributed by atoms with Crippen molar-refractivity contribution in [1.29, 1.82) is 0 Å². The molecule has 11 heteroatoms. The molecular formula is C24H20F3N3O4S. The molecule has 0 bridgehead atoms. The van der Waals surface area contributed by atoms with Gasteiger partial charge in [0.1, 0.15) is 6.04 Å². The minimum absolute atomic E-state index is 0.0968. The van der Waals surface area contributed by atoms with E-state index in [-0.39, 0.29) is 16.3 Å². The van der Waals surface area contributed by atoms with Crippen LogP contribution < -0.4 is 14.9 Å². The first-order chi connectivity index (χ1) is 16.5. The van der Waals surface area contributed by atoms with E-state index in [2.05, 4.69) is 10.6 Å². The Morgan fingerprint density at radius 1 is 1.00 bits per heavy atom. The fraction of sp³-hybridized carbons (Fsp3) is 0.167. The van der Waals surface area contributed by atoms with E-state index < -0.39 is 51.7 Å². The van der Waals surface area contributed by atoms with Gasteiger partial charge in [0.25, 0.3) is 10.0 Å². The number of halogens is 3. The summed E-state index contributed by atoms with van der Waals surface area (Å²) in [5.74, 6) is -1.73. The Labute approximate surface area is 199 Å². The van der Waals surface area contributed by atoms with E-state index in [9.17, 15) is 31.2 Å². The summed E-state index contributed by atoms with van der Waals surface area (Å²) in [6, 6.07) is 15.0. The van der Waals surface area contributed by atoms with Gasteiger partial charge in [0.2, 0.25) is 11.8 Å². The normalized spacial score (nSPS) is 15.8. The van der Waals surface area contributed by atoms with Crippen LogP contribution in [0.4, 0.5) is 30.2 Å². The summed E-state index contributed by atoms with van der Waals surface area (Å²) >= 11 is 0. The molecular weight excluding hydrogens is 483 g/mol. The smallest absolute Gasteiger partial charge is 0.325 e. The van der Waals surface area contributed by atoms with Crippen molar-refractivity contribution in [2.75, 3.05) is 14.9 Å². The Morgan fingerprint density at radius 3 is 2.31 bits per heavy atom. The van der Waals surface area contributed by atoms with Gasteiger partial charge in [-0.15, -0.1) is 0 Å². The Bertz CT molecular complexity index is 1390. The van der Waals surface area contributed by atoms with E-state index >= 15 is 0 Å². The van der Waals surface area contributed by atoms with Gasteiger partial charge in [-0.3, -0.25) is 13.9 Å². The lowest BCUT2D eigenvalue weighted by Gasteiger charge is -2.36. The van der Waals surface area contributed by atoms with Gasteiger partial charge in [0.15, 0.2) is 0 Å². The lowest BCUT2D eigenvalue weighted by atomic mass is 10.1. The fourth-order valence-corrected chi connectivity index (χ4v) is 5.41. The number of rotatable bonds is 5. The maximum absolute atomic E-state index is 13.6. The molecule has 0 radical (unpaired) electrons. The number of nitrogens with zero attached hydrogens (tertiary/aromatic N) is 1. The van der Waals surface area contributed by atoms with Crippen molar-refractivity contribution in [3.8, 4) is 0 Å². The molecule has 0 aliphatic carbocycles. The number of aryl methyl sites for hydroxylation is 1. The SMILES string of the molecule is Cc1ccc(S(=O)(=O)N2c3ccccc3NC(=O)C2CC(=O)Nc2ccccc2C(F)(F)F)cc1. The van der Waals surface area contributed by atoms with Crippen LogP contribution in [0.3, 0.4) is 0 Å². The van der Waals surface area contributed by atoms with E-state index in [0.717, 1.165) is 22.0 Å². The van der Waals surface area contributed by atoms with Crippen molar-refractivity contribution in [2.45, 2.75) is 30.5 Å². The van der Waals surface area contributed by atoms with Crippen molar-refractivity contribution < 1.29 is 31.2 Å². The zero-order chi connectivity index (χ0) is 25.4. The third-order valence-electron chi connectivity index (χ3n) is 5.45. The maximum atomic E-state index is 13.6. The maximum Gasteiger partial charge on any atom is 0.418 e. The van der Waals surface area contributed by atoms with Crippen LogP contribution in [0, 0.1) is 6.92 Å². The second-order valence-corrected chi connectivity index (χ2v) is 9.75. The number of hydrogen-bond donors (Lipinski definition) is 2. The van der Waals surface area contributed by atoms with Crippen LogP contribution in [0.2, 0.25) is 0 Å². The number of para-hydroxylation sites is 3. The van der Waals surface area contributed by atoms with Gasteiger partial charge < -0.3 is 10.6 Å². The number of fused-ring (bicyclic) bond motifs is 1. The van der Waals surface area contributed by atoms with Gasteiger partial charge in [-0.2, -0.15) is 13.2 Å². The number of sulfonamides is 1. The van der Waals surface area contributed by atoms with Crippen LogP contribution in [0.5, 0.6) is 0 Å². The van der Waals surface area contributed by atoms with Crippen LogP contribution >= 0.6 is 0 Å². The first-order valence-electron chi connectivity index (χ1n) is 10.5. The molecule has 2 N–H and O–H groups in total. The Morgan fingerprint density at radius 2 is 1.63 bits per heavy atom. The lowest BCUT2D eigenvalue weighted by Crippen LogP contribution is -2.52. The average molecular weight is 504 g/mol. The summed E-state index contributed by atoms with van der Waals surface area (Å²) in [7, 11) is -4.31. The predicted molar refractivity (Wildman–Crippen MR) is 124 cm³/mol. The number of anilines is 3. The van der Waals surface area contributed by atoms with Crippen molar-refractivity contribution in [2.24, 2.45) is 0 Å². The standard InChI is InChI=1S/C24H20F3N3O4S/c1-15-10-12-16(13-11-15)35(33,34)30-20-9-5-4-8-19(20)29-23(32)21(30)14-22(31)28-18-7-3-2-6-17(18)24(25,26)27/h2-13,21H,14H2,1H3,(H,28,31)(H,29,32). The zero-order valence-corrected chi connectivity index (χ0v) is 19.2. The molecule has 3 aromatic carbocycles. The highest BCUT2D eigenvalue weighted by molar-refractivity contribution is 7.93. The summed E-state index contributed by atoms with van der Waals surface area (Å²) < 4.78 is 68.0. The third kappa shape index (κ3) is 4.85. The van der Waals surface area contributed by atoms with E-state index in [4.69, 9.17) is 0 Å². The van der Waals surface area contributed by atoms with Crippen LogP contribution in [0.25, 0.3) is 0 Å². The van der Waals surface area contributed by atoms with Crippen LogP contribution in [0.15, 0.2) is 77.7 Å². The molecule has 182 valence electrons. The molecule has 1 unspecified atom stereocenters. The van der Waals surface area contributed by atoms with Crippen molar-refractivity contribution in [3.63, 3.8) is 0 Å². The predicted octanol–water partition coefficient (Wildman–Crippen LogP) is 4.56. The molecule has 0 spiro atoms. The molecule has 1 heterocycles. The van der Waals surface area contributed by atoms with Gasteiger partial charge in [-0.05, 0) is 43.3 Å². The van der Waals surface area contributed by atoms with E-state index in [1.165, 1.54) is 36.4 Å². The molecule has 1 aliphatic heterocycles.